The maximum absolute atomic E-state index is 5.33. The predicted molar refractivity (Wildman–Crippen MR) is 85.5 cm³/mol. The van der Waals surface area contributed by atoms with E-state index in [1.807, 2.05) is 24.3 Å². The summed E-state index contributed by atoms with van der Waals surface area (Å²) >= 11 is 3.33. The number of nitrogens with zero attached hydrogens (tertiary/aromatic N) is 1. The molecule has 0 amide bonds. The Morgan fingerprint density at radius 3 is 2.90 bits per heavy atom. The molecule has 3 aromatic rings. The lowest BCUT2D eigenvalue weighted by atomic mass is 10.2. The van der Waals surface area contributed by atoms with Crippen LogP contribution in [0.4, 0.5) is 10.8 Å². The van der Waals surface area contributed by atoms with Crippen LogP contribution < -0.4 is 10.1 Å². The first-order valence-electron chi connectivity index (χ1n) is 6.20. The molecule has 0 aliphatic heterocycles. The molecular weight excluding hydrogens is 288 g/mol. The van der Waals surface area contributed by atoms with E-state index in [0.29, 0.717) is 0 Å². The number of anilines is 2. The maximum Gasteiger partial charge on any atom is 0.187 e. The molecule has 0 atom stereocenters. The smallest absolute Gasteiger partial charge is 0.187 e. The zero-order valence-electron chi connectivity index (χ0n) is 11.0. The van der Waals surface area contributed by atoms with Crippen LogP contribution in [0.1, 0.15) is 11.3 Å². The van der Waals surface area contributed by atoms with Crippen LogP contribution in [0.2, 0.25) is 0 Å². The van der Waals surface area contributed by atoms with Crippen molar-refractivity contribution in [3.8, 4) is 5.75 Å². The van der Waals surface area contributed by atoms with Crippen molar-refractivity contribution >= 4 is 33.5 Å². The molecule has 2 aromatic heterocycles. The summed E-state index contributed by atoms with van der Waals surface area (Å²) in [6.07, 6.45) is 0.883. The Bertz CT molecular complexity index is 677. The van der Waals surface area contributed by atoms with Gasteiger partial charge in [0.25, 0.3) is 0 Å². The summed E-state index contributed by atoms with van der Waals surface area (Å²) in [5.74, 6) is 0.821. The van der Waals surface area contributed by atoms with E-state index in [0.717, 1.165) is 28.7 Å². The van der Waals surface area contributed by atoms with Crippen LogP contribution in [0.25, 0.3) is 0 Å². The zero-order chi connectivity index (χ0) is 13.8. The molecule has 102 valence electrons. The van der Waals surface area contributed by atoms with E-state index in [1.54, 1.807) is 29.8 Å². The number of rotatable bonds is 5. The van der Waals surface area contributed by atoms with E-state index in [-0.39, 0.29) is 0 Å². The first-order chi connectivity index (χ1) is 9.85. The third kappa shape index (κ3) is 3.00. The molecule has 0 bridgehead atoms. The fourth-order valence-electron chi connectivity index (χ4n) is 1.91. The van der Waals surface area contributed by atoms with Crippen molar-refractivity contribution in [2.24, 2.45) is 0 Å². The third-order valence-corrected chi connectivity index (χ3v) is 4.40. The molecule has 0 fully saturated rings. The van der Waals surface area contributed by atoms with Crippen molar-refractivity contribution in [3.63, 3.8) is 0 Å². The number of benzene rings is 1. The highest BCUT2D eigenvalue weighted by Crippen LogP contribution is 2.29. The molecule has 0 saturated carbocycles. The molecule has 0 unspecified atom stereocenters. The summed E-state index contributed by atoms with van der Waals surface area (Å²) < 4.78 is 5.33. The van der Waals surface area contributed by atoms with Crippen molar-refractivity contribution in [2.75, 3.05) is 12.4 Å². The largest absolute Gasteiger partial charge is 0.495 e. The Balaban J connectivity index is 1.74. The number of nitrogens with one attached hydrogen (secondary N) is 1. The van der Waals surface area contributed by atoms with Gasteiger partial charge < -0.3 is 10.1 Å². The van der Waals surface area contributed by atoms with Crippen molar-refractivity contribution in [1.82, 2.24) is 4.98 Å². The van der Waals surface area contributed by atoms with Crippen molar-refractivity contribution in [1.29, 1.82) is 0 Å². The molecular formula is C15H14N2OS2. The highest BCUT2D eigenvalue weighted by molar-refractivity contribution is 7.13. The molecule has 0 saturated heterocycles. The van der Waals surface area contributed by atoms with Gasteiger partial charge >= 0.3 is 0 Å². The Morgan fingerprint density at radius 1 is 1.20 bits per heavy atom. The fraction of sp³-hybridized carbons (Fsp3) is 0.133. The van der Waals surface area contributed by atoms with Gasteiger partial charge in [-0.15, -0.1) is 11.3 Å². The minimum atomic E-state index is 0.821. The van der Waals surface area contributed by atoms with E-state index in [1.165, 1.54) is 5.56 Å². The quantitative estimate of drug-likeness (QED) is 0.751. The number of thiophene rings is 1. The predicted octanol–water partition coefficient (Wildman–Crippen LogP) is 4.55. The van der Waals surface area contributed by atoms with Crippen LogP contribution in [0.5, 0.6) is 5.75 Å². The van der Waals surface area contributed by atoms with E-state index in [4.69, 9.17) is 4.74 Å². The van der Waals surface area contributed by atoms with E-state index in [2.05, 4.69) is 32.5 Å². The second kappa shape index (κ2) is 6.07. The molecule has 20 heavy (non-hydrogen) atoms. The highest BCUT2D eigenvalue weighted by Gasteiger charge is 2.06. The van der Waals surface area contributed by atoms with Gasteiger partial charge in [-0.25, -0.2) is 4.98 Å². The van der Waals surface area contributed by atoms with Gasteiger partial charge in [0.1, 0.15) is 5.75 Å². The summed E-state index contributed by atoms with van der Waals surface area (Å²) in [6.45, 7) is 0. The SMILES string of the molecule is COc1ccccc1Nc1nc(Cc2ccsc2)cs1. The minimum absolute atomic E-state index is 0.821. The number of aromatic nitrogens is 1. The summed E-state index contributed by atoms with van der Waals surface area (Å²) in [4.78, 5) is 4.61. The van der Waals surface area contributed by atoms with Gasteiger partial charge in [-0.3, -0.25) is 0 Å². The number of ether oxygens (including phenoxy) is 1. The van der Waals surface area contributed by atoms with Gasteiger partial charge in [-0.05, 0) is 34.5 Å². The monoisotopic (exact) mass is 302 g/mol. The topological polar surface area (TPSA) is 34.1 Å². The van der Waals surface area contributed by atoms with Gasteiger partial charge in [-0.1, -0.05) is 12.1 Å². The Labute approximate surface area is 125 Å². The second-order valence-corrected chi connectivity index (χ2v) is 5.92. The van der Waals surface area contributed by atoms with Crippen LogP contribution in [0.15, 0.2) is 46.5 Å². The third-order valence-electron chi connectivity index (χ3n) is 2.87. The maximum atomic E-state index is 5.33. The second-order valence-electron chi connectivity index (χ2n) is 4.28. The van der Waals surface area contributed by atoms with Crippen molar-refractivity contribution in [2.45, 2.75) is 6.42 Å². The lowest BCUT2D eigenvalue weighted by molar-refractivity contribution is 0.417. The normalized spacial score (nSPS) is 10.4. The molecule has 0 aliphatic carbocycles. The van der Waals surface area contributed by atoms with Crippen LogP contribution in [-0.4, -0.2) is 12.1 Å². The Morgan fingerprint density at radius 2 is 2.10 bits per heavy atom. The standard InChI is InChI=1S/C15H14N2OS2/c1-18-14-5-3-2-4-13(14)17-15-16-12(10-20-15)8-11-6-7-19-9-11/h2-7,9-10H,8H2,1H3,(H,16,17). The Kier molecular flexibility index (Phi) is 3.99. The number of hydrogen-bond acceptors (Lipinski definition) is 5. The molecule has 1 aromatic carbocycles. The van der Waals surface area contributed by atoms with Gasteiger partial charge in [0.15, 0.2) is 5.13 Å². The molecule has 3 nitrogen and oxygen atoms in total. The highest BCUT2D eigenvalue weighted by atomic mass is 32.1. The molecule has 3 rings (SSSR count). The molecule has 2 heterocycles. The number of methoxy groups -OCH3 is 1. The first kappa shape index (κ1) is 13.1. The van der Waals surface area contributed by atoms with Gasteiger partial charge in [0.05, 0.1) is 18.5 Å². The number of hydrogen-bond donors (Lipinski definition) is 1. The van der Waals surface area contributed by atoms with Crippen LogP contribution in [-0.2, 0) is 6.42 Å². The van der Waals surface area contributed by atoms with Crippen molar-refractivity contribution in [3.05, 3.63) is 57.7 Å². The minimum Gasteiger partial charge on any atom is -0.495 e. The van der Waals surface area contributed by atoms with E-state index < -0.39 is 0 Å². The van der Waals surface area contributed by atoms with E-state index >= 15 is 0 Å². The molecule has 0 aliphatic rings. The average Bonchev–Trinajstić information content (AvgIpc) is 3.12. The average molecular weight is 302 g/mol. The van der Waals surface area contributed by atoms with Gasteiger partial charge in [0.2, 0.25) is 0 Å². The van der Waals surface area contributed by atoms with Crippen LogP contribution in [0.3, 0.4) is 0 Å². The van der Waals surface area contributed by atoms with Gasteiger partial charge in [0, 0.05) is 11.8 Å². The summed E-state index contributed by atoms with van der Waals surface area (Å²) in [6, 6.07) is 9.98. The summed E-state index contributed by atoms with van der Waals surface area (Å²) in [7, 11) is 1.67. The zero-order valence-corrected chi connectivity index (χ0v) is 12.6. The summed E-state index contributed by atoms with van der Waals surface area (Å²) in [5, 5.41) is 10.5. The van der Waals surface area contributed by atoms with Crippen LogP contribution >= 0.6 is 22.7 Å². The molecule has 1 N–H and O–H groups in total. The lowest BCUT2D eigenvalue weighted by Gasteiger charge is -2.07. The van der Waals surface area contributed by atoms with E-state index in [9.17, 15) is 0 Å². The molecule has 5 heteroatoms. The number of para-hydroxylation sites is 2. The van der Waals surface area contributed by atoms with Crippen LogP contribution in [0, 0.1) is 0 Å². The first-order valence-corrected chi connectivity index (χ1v) is 8.03. The molecule has 0 radical (unpaired) electrons. The fourth-order valence-corrected chi connectivity index (χ4v) is 3.30. The summed E-state index contributed by atoms with van der Waals surface area (Å²) in [5.41, 5.74) is 3.33. The number of thiazole rings is 1. The Hall–Kier alpha value is -1.85. The van der Waals surface area contributed by atoms with Crippen molar-refractivity contribution < 1.29 is 4.74 Å². The lowest BCUT2D eigenvalue weighted by Crippen LogP contribution is -1.94. The molecule has 0 spiro atoms. The van der Waals surface area contributed by atoms with Gasteiger partial charge in [-0.2, -0.15) is 11.3 Å².